The quantitative estimate of drug-likeness (QED) is 0.830. The van der Waals surface area contributed by atoms with Crippen molar-refractivity contribution in [3.05, 3.63) is 16.4 Å². The second kappa shape index (κ2) is 6.80. The molecule has 0 spiro atoms. The van der Waals surface area contributed by atoms with Crippen molar-refractivity contribution in [3.8, 4) is 0 Å². The summed E-state index contributed by atoms with van der Waals surface area (Å²) < 4.78 is 2.86. The maximum atomic E-state index is 11.3. The lowest BCUT2D eigenvalue weighted by molar-refractivity contribution is -0.0255. The van der Waals surface area contributed by atoms with Gasteiger partial charge in [-0.1, -0.05) is 25.7 Å². The summed E-state index contributed by atoms with van der Waals surface area (Å²) in [5.74, 6) is 0. The summed E-state index contributed by atoms with van der Waals surface area (Å²) in [5.41, 5.74) is 0.728. The van der Waals surface area contributed by atoms with E-state index < -0.39 is 6.10 Å². The number of nitrogens with zero attached hydrogens (tertiary/aromatic N) is 3. The summed E-state index contributed by atoms with van der Waals surface area (Å²) in [6.45, 7) is 4.20. The Morgan fingerprint density at radius 3 is 2.29 bits per heavy atom. The fourth-order valence-electron chi connectivity index (χ4n) is 3.58. The van der Waals surface area contributed by atoms with Crippen molar-refractivity contribution >= 4 is 15.9 Å². The molecule has 0 aliphatic heterocycles. The number of rotatable bonds is 4. The number of hydrogen-bond donors (Lipinski definition) is 1. The Hall–Kier alpha value is -0.390. The van der Waals surface area contributed by atoms with Gasteiger partial charge in [-0.2, -0.15) is 5.10 Å². The molecule has 5 heteroatoms. The molecule has 1 aliphatic carbocycles. The molecule has 0 saturated heterocycles. The van der Waals surface area contributed by atoms with Crippen LogP contribution in [0.5, 0.6) is 0 Å². The van der Waals surface area contributed by atoms with Crippen LogP contribution in [0.4, 0.5) is 0 Å². The fraction of sp³-hybridized carbons (Fsp3) is 0.812. The molecule has 1 aliphatic rings. The molecule has 1 aromatic heterocycles. The van der Waals surface area contributed by atoms with Crippen molar-refractivity contribution in [3.63, 3.8) is 0 Å². The van der Waals surface area contributed by atoms with E-state index in [1.54, 1.807) is 6.20 Å². The Morgan fingerprint density at radius 1 is 1.24 bits per heavy atom. The first-order chi connectivity index (χ1) is 9.90. The average Bonchev–Trinajstić information content (AvgIpc) is 2.66. The average molecular weight is 358 g/mol. The van der Waals surface area contributed by atoms with Gasteiger partial charge in [-0.25, -0.2) is 0 Å². The SMILES string of the molecule is CC(C)n1ncc(Br)c1C(O)C1(N(C)C)CCCCCC1. The van der Waals surface area contributed by atoms with Crippen LogP contribution in [-0.4, -0.2) is 39.4 Å². The van der Waals surface area contributed by atoms with Crippen molar-refractivity contribution in [1.82, 2.24) is 14.7 Å². The van der Waals surface area contributed by atoms with Crippen molar-refractivity contribution in [2.75, 3.05) is 14.1 Å². The number of halogens is 1. The monoisotopic (exact) mass is 357 g/mol. The third-order valence-electron chi connectivity index (χ3n) is 4.90. The normalized spacial score (nSPS) is 20.8. The highest BCUT2D eigenvalue weighted by Crippen LogP contribution is 2.43. The van der Waals surface area contributed by atoms with Crippen molar-refractivity contribution < 1.29 is 5.11 Å². The number of likely N-dealkylation sites (N-methyl/N-ethyl adjacent to an activating group) is 1. The fourth-order valence-corrected chi connectivity index (χ4v) is 4.07. The Kier molecular flexibility index (Phi) is 5.49. The van der Waals surface area contributed by atoms with Crippen LogP contribution >= 0.6 is 15.9 Å². The molecule has 1 N–H and O–H groups in total. The lowest BCUT2D eigenvalue weighted by atomic mass is 9.81. The molecule has 0 radical (unpaired) electrons. The molecule has 0 aromatic carbocycles. The second-order valence-corrected chi connectivity index (χ2v) is 7.59. The molecule has 1 aromatic rings. The van der Waals surface area contributed by atoms with Gasteiger partial charge in [0.15, 0.2) is 0 Å². The van der Waals surface area contributed by atoms with Gasteiger partial charge in [0.1, 0.15) is 6.10 Å². The van der Waals surface area contributed by atoms with E-state index in [-0.39, 0.29) is 11.6 Å². The predicted molar refractivity (Wildman–Crippen MR) is 89.4 cm³/mol. The van der Waals surface area contributed by atoms with Crippen LogP contribution in [0.2, 0.25) is 0 Å². The molecular weight excluding hydrogens is 330 g/mol. The van der Waals surface area contributed by atoms with E-state index in [9.17, 15) is 5.11 Å². The number of aliphatic hydroxyl groups is 1. The van der Waals surface area contributed by atoms with E-state index in [0.717, 1.165) is 23.0 Å². The first-order valence-electron chi connectivity index (χ1n) is 7.98. The molecule has 1 heterocycles. The standard InChI is InChI=1S/C16H28BrN3O/c1-12(2)20-14(13(17)11-18-20)15(21)16(19(3)4)9-7-5-6-8-10-16/h11-12,15,21H,5-10H2,1-4H3. The van der Waals surface area contributed by atoms with E-state index >= 15 is 0 Å². The van der Waals surface area contributed by atoms with Gasteiger partial charge in [0.2, 0.25) is 0 Å². The van der Waals surface area contributed by atoms with Crippen LogP contribution in [-0.2, 0) is 0 Å². The van der Waals surface area contributed by atoms with E-state index in [4.69, 9.17) is 0 Å². The third-order valence-corrected chi connectivity index (χ3v) is 5.52. The summed E-state index contributed by atoms with van der Waals surface area (Å²) in [6, 6.07) is 0.242. The predicted octanol–water partition coefficient (Wildman–Crippen LogP) is 3.91. The van der Waals surface area contributed by atoms with Crippen LogP contribution in [0.1, 0.15) is 70.2 Å². The number of aromatic nitrogens is 2. The lowest BCUT2D eigenvalue weighted by Gasteiger charge is -2.43. The molecule has 1 atom stereocenters. The number of aliphatic hydroxyl groups excluding tert-OH is 1. The zero-order valence-corrected chi connectivity index (χ0v) is 15.2. The highest BCUT2D eigenvalue weighted by molar-refractivity contribution is 9.10. The van der Waals surface area contributed by atoms with Gasteiger partial charge in [0, 0.05) is 6.04 Å². The van der Waals surface area contributed by atoms with Crippen LogP contribution in [0.3, 0.4) is 0 Å². The Balaban J connectivity index is 2.43. The summed E-state index contributed by atoms with van der Waals surface area (Å²) >= 11 is 3.58. The summed E-state index contributed by atoms with van der Waals surface area (Å²) in [6.07, 6.45) is 8.27. The van der Waals surface area contributed by atoms with Crippen LogP contribution in [0.15, 0.2) is 10.7 Å². The van der Waals surface area contributed by atoms with Crippen LogP contribution in [0.25, 0.3) is 0 Å². The van der Waals surface area contributed by atoms with Crippen molar-refractivity contribution in [1.29, 1.82) is 0 Å². The molecule has 21 heavy (non-hydrogen) atoms. The molecule has 4 nitrogen and oxygen atoms in total. The van der Waals surface area contributed by atoms with Gasteiger partial charge in [-0.3, -0.25) is 4.68 Å². The zero-order chi connectivity index (χ0) is 15.6. The zero-order valence-electron chi connectivity index (χ0n) is 13.6. The number of hydrogen-bond acceptors (Lipinski definition) is 3. The van der Waals surface area contributed by atoms with Gasteiger partial charge >= 0.3 is 0 Å². The largest absolute Gasteiger partial charge is 0.385 e. The Labute approximate surface area is 136 Å². The van der Waals surface area contributed by atoms with Gasteiger partial charge in [0.25, 0.3) is 0 Å². The summed E-state index contributed by atoms with van der Waals surface area (Å²) in [4.78, 5) is 2.23. The highest BCUT2D eigenvalue weighted by atomic mass is 79.9. The van der Waals surface area contributed by atoms with Gasteiger partial charge in [-0.15, -0.1) is 0 Å². The second-order valence-electron chi connectivity index (χ2n) is 6.73. The maximum Gasteiger partial charge on any atom is 0.115 e. The summed E-state index contributed by atoms with van der Waals surface area (Å²) in [5, 5.41) is 15.7. The van der Waals surface area contributed by atoms with E-state index in [1.165, 1.54) is 25.7 Å². The Morgan fingerprint density at radius 2 is 1.81 bits per heavy atom. The highest BCUT2D eigenvalue weighted by Gasteiger charge is 2.43. The van der Waals surface area contributed by atoms with Gasteiger partial charge in [0.05, 0.1) is 21.9 Å². The third kappa shape index (κ3) is 3.20. The first kappa shape index (κ1) is 17.0. The van der Waals surface area contributed by atoms with Gasteiger partial charge in [-0.05, 0) is 56.7 Å². The van der Waals surface area contributed by atoms with E-state index in [0.29, 0.717) is 0 Å². The molecule has 1 saturated carbocycles. The smallest absolute Gasteiger partial charge is 0.115 e. The summed E-state index contributed by atoms with van der Waals surface area (Å²) in [7, 11) is 4.19. The first-order valence-corrected chi connectivity index (χ1v) is 8.78. The van der Waals surface area contributed by atoms with E-state index in [1.807, 2.05) is 4.68 Å². The maximum absolute atomic E-state index is 11.3. The van der Waals surface area contributed by atoms with Crippen LogP contribution in [0, 0.1) is 0 Å². The minimum atomic E-state index is -0.523. The molecule has 120 valence electrons. The lowest BCUT2D eigenvalue weighted by Crippen LogP contribution is -2.49. The van der Waals surface area contributed by atoms with Crippen LogP contribution < -0.4 is 0 Å². The minimum absolute atomic E-state index is 0.189. The molecule has 0 amide bonds. The molecule has 1 unspecified atom stereocenters. The van der Waals surface area contributed by atoms with Crippen molar-refractivity contribution in [2.24, 2.45) is 0 Å². The molecular formula is C16H28BrN3O. The molecule has 2 rings (SSSR count). The minimum Gasteiger partial charge on any atom is -0.385 e. The molecule has 0 bridgehead atoms. The molecule has 1 fully saturated rings. The van der Waals surface area contributed by atoms with Crippen molar-refractivity contribution in [2.45, 2.75) is 70.1 Å². The van der Waals surface area contributed by atoms with E-state index in [2.05, 4.69) is 53.9 Å². The Bertz CT molecular complexity index is 462. The topological polar surface area (TPSA) is 41.3 Å². The van der Waals surface area contributed by atoms with Gasteiger partial charge < -0.3 is 10.0 Å².